The molecule has 0 saturated carbocycles. The van der Waals surface area contributed by atoms with Crippen LogP contribution in [0.4, 0.5) is 0 Å². The van der Waals surface area contributed by atoms with Crippen molar-refractivity contribution in [1.29, 1.82) is 0 Å². The number of aliphatic hydroxyl groups is 1. The fraction of sp³-hybridized carbons (Fsp3) is 0.636. The lowest BCUT2D eigenvalue weighted by molar-refractivity contribution is 0.134. The smallest absolute Gasteiger partial charge is 0.192 e. The summed E-state index contributed by atoms with van der Waals surface area (Å²) in [5.41, 5.74) is 3.14. The lowest BCUT2D eigenvalue weighted by Gasteiger charge is -2.39. The topological polar surface area (TPSA) is 41.5 Å². The van der Waals surface area contributed by atoms with Gasteiger partial charge in [-0.15, -0.1) is 0 Å². The molecule has 0 spiro atoms. The van der Waals surface area contributed by atoms with Crippen LogP contribution in [0.15, 0.2) is 24.3 Å². The highest BCUT2D eigenvalue weighted by Gasteiger charge is 2.38. The summed E-state index contributed by atoms with van der Waals surface area (Å²) in [5, 5.41) is 14.0. The summed E-state index contributed by atoms with van der Waals surface area (Å²) in [4.78, 5) is 0. The lowest BCUT2D eigenvalue weighted by atomic mass is 9.87. The van der Waals surface area contributed by atoms with Crippen molar-refractivity contribution >= 4 is 14.4 Å². The molecule has 1 aromatic carbocycles. The highest BCUT2D eigenvalue weighted by atomic mass is 28.4. The van der Waals surface area contributed by atoms with Crippen molar-refractivity contribution in [3.63, 3.8) is 0 Å². The Bertz CT molecular complexity index is 653. The predicted octanol–water partition coefficient (Wildman–Crippen LogP) is 5.07. The van der Waals surface area contributed by atoms with Crippen LogP contribution in [0.25, 0.3) is 6.08 Å². The lowest BCUT2D eigenvalue weighted by Crippen LogP contribution is -2.47. The van der Waals surface area contributed by atoms with Crippen LogP contribution in [0.1, 0.15) is 64.3 Å². The molecule has 1 aliphatic rings. The Morgan fingerprint density at radius 1 is 1.23 bits per heavy atom. The van der Waals surface area contributed by atoms with Gasteiger partial charge in [0.2, 0.25) is 0 Å². The highest BCUT2D eigenvalue weighted by molar-refractivity contribution is 6.74. The molecule has 2 atom stereocenters. The van der Waals surface area contributed by atoms with Crippen LogP contribution in [-0.2, 0) is 10.8 Å². The van der Waals surface area contributed by atoms with E-state index in [2.05, 4.69) is 70.4 Å². The fourth-order valence-electron chi connectivity index (χ4n) is 3.10. The van der Waals surface area contributed by atoms with Gasteiger partial charge in [-0.05, 0) is 62.0 Å². The van der Waals surface area contributed by atoms with Gasteiger partial charge in [-0.2, -0.15) is 0 Å². The molecule has 0 aliphatic carbocycles. The van der Waals surface area contributed by atoms with Gasteiger partial charge in [-0.1, -0.05) is 51.1 Å². The standard InChI is InChI=1S/C22H37NO2Si/c1-16-19-11-9-10-17(12-13-22(5,6)24)20(19)14-18(23-16)15-25-26(7,8)21(2,3)4/h9-13,16,18,23-24H,14-15H2,1-8H3/t16-,18+/m0/s1. The van der Waals surface area contributed by atoms with Crippen molar-refractivity contribution in [3.05, 3.63) is 41.0 Å². The van der Waals surface area contributed by atoms with Crippen LogP contribution in [0, 0.1) is 0 Å². The molecule has 0 bridgehead atoms. The summed E-state index contributed by atoms with van der Waals surface area (Å²) >= 11 is 0. The first-order chi connectivity index (χ1) is 11.8. The molecule has 1 aromatic rings. The molecule has 0 fully saturated rings. The molecule has 2 N–H and O–H groups in total. The summed E-state index contributed by atoms with van der Waals surface area (Å²) in [6.45, 7) is 18.1. The first kappa shape index (κ1) is 21.4. The molecule has 0 radical (unpaired) electrons. The van der Waals surface area contributed by atoms with Crippen LogP contribution in [0.3, 0.4) is 0 Å². The average Bonchev–Trinajstić information content (AvgIpc) is 2.49. The van der Waals surface area contributed by atoms with E-state index in [4.69, 9.17) is 4.43 Å². The maximum absolute atomic E-state index is 10.0. The van der Waals surface area contributed by atoms with Crippen molar-refractivity contribution in [2.75, 3.05) is 6.61 Å². The molecule has 4 heteroatoms. The van der Waals surface area contributed by atoms with Crippen molar-refractivity contribution in [2.24, 2.45) is 0 Å². The largest absolute Gasteiger partial charge is 0.415 e. The number of hydrogen-bond donors (Lipinski definition) is 2. The van der Waals surface area contributed by atoms with Gasteiger partial charge in [0.05, 0.1) is 5.60 Å². The maximum Gasteiger partial charge on any atom is 0.192 e. The zero-order chi connectivity index (χ0) is 19.8. The van der Waals surface area contributed by atoms with Crippen LogP contribution >= 0.6 is 0 Å². The second kappa shape index (κ2) is 7.59. The minimum atomic E-state index is -1.74. The van der Waals surface area contributed by atoms with Crippen LogP contribution < -0.4 is 5.32 Å². The molecule has 0 amide bonds. The summed E-state index contributed by atoms with van der Waals surface area (Å²) in [7, 11) is -1.74. The van der Waals surface area contributed by atoms with Crippen LogP contribution in [0.5, 0.6) is 0 Å². The van der Waals surface area contributed by atoms with Crippen LogP contribution in [0.2, 0.25) is 18.1 Å². The minimum absolute atomic E-state index is 0.228. The van der Waals surface area contributed by atoms with E-state index < -0.39 is 13.9 Å². The van der Waals surface area contributed by atoms with Gasteiger partial charge in [0.25, 0.3) is 0 Å². The number of benzene rings is 1. The second-order valence-corrected chi connectivity index (χ2v) is 14.6. The molecule has 2 rings (SSSR count). The molecular formula is C22H37NO2Si. The zero-order valence-electron chi connectivity index (χ0n) is 17.8. The van der Waals surface area contributed by atoms with E-state index in [0.717, 1.165) is 13.0 Å². The van der Waals surface area contributed by atoms with Gasteiger partial charge in [-0.3, -0.25) is 0 Å². The monoisotopic (exact) mass is 375 g/mol. The third-order valence-corrected chi connectivity index (χ3v) is 10.3. The van der Waals surface area contributed by atoms with E-state index in [0.29, 0.717) is 12.1 Å². The molecule has 26 heavy (non-hydrogen) atoms. The Hall–Kier alpha value is -0.943. The second-order valence-electron chi connectivity index (χ2n) is 9.76. The predicted molar refractivity (Wildman–Crippen MR) is 114 cm³/mol. The van der Waals surface area contributed by atoms with E-state index in [-0.39, 0.29) is 5.04 Å². The third kappa shape index (κ3) is 5.29. The van der Waals surface area contributed by atoms with Gasteiger partial charge in [0.15, 0.2) is 8.32 Å². The van der Waals surface area contributed by atoms with Gasteiger partial charge >= 0.3 is 0 Å². The first-order valence-corrected chi connectivity index (χ1v) is 12.6. The van der Waals surface area contributed by atoms with E-state index in [1.165, 1.54) is 16.7 Å². The molecule has 0 unspecified atom stereocenters. The van der Waals surface area contributed by atoms with E-state index >= 15 is 0 Å². The highest BCUT2D eigenvalue weighted by Crippen LogP contribution is 2.37. The number of nitrogens with one attached hydrogen (secondary N) is 1. The Labute approximate surface area is 161 Å². The summed E-state index contributed by atoms with van der Waals surface area (Å²) in [5.74, 6) is 0. The van der Waals surface area contributed by atoms with Gasteiger partial charge < -0.3 is 14.8 Å². The van der Waals surface area contributed by atoms with Gasteiger partial charge in [-0.25, -0.2) is 0 Å². The molecule has 1 aliphatic heterocycles. The quantitative estimate of drug-likeness (QED) is 0.706. The molecular weight excluding hydrogens is 338 g/mol. The SMILES string of the molecule is C[C@@H]1N[C@@H](CO[Si](C)(C)C(C)(C)C)Cc2c(C=CC(C)(C)O)cccc21. The fourth-order valence-corrected chi connectivity index (χ4v) is 4.15. The Morgan fingerprint density at radius 2 is 1.88 bits per heavy atom. The summed E-state index contributed by atoms with van der Waals surface area (Å²) < 4.78 is 6.47. The van der Waals surface area contributed by atoms with Crippen molar-refractivity contribution in [1.82, 2.24) is 5.32 Å². The summed E-state index contributed by atoms with van der Waals surface area (Å²) in [6, 6.07) is 7.09. The van der Waals surface area contributed by atoms with E-state index in [9.17, 15) is 5.11 Å². The van der Waals surface area contributed by atoms with Crippen molar-refractivity contribution < 1.29 is 9.53 Å². The maximum atomic E-state index is 10.0. The molecule has 0 aromatic heterocycles. The third-order valence-electron chi connectivity index (χ3n) is 5.77. The molecule has 1 heterocycles. The Kier molecular flexibility index (Phi) is 6.23. The van der Waals surface area contributed by atoms with Crippen molar-refractivity contribution in [2.45, 2.75) is 83.8 Å². The van der Waals surface area contributed by atoms with Crippen LogP contribution in [-0.4, -0.2) is 31.7 Å². The van der Waals surface area contributed by atoms with Crippen molar-refractivity contribution in [3.8, 4) is 0 Å². The number of hydrogen-bond acceptors (Lipinski definition) is 3. The minimum Gasteiger partial charge on any atom is -0.415 e. The van der Waals surface area contributed by atoms with E-state index in [1.807, 2.05) is 6.08 Å². The van der Waals surface area contributed by atoms with Gasteiger partial charge in [0, 0.05) is 18.7 Å². The first-order valence-electron chi connectivity index (χ1n) is 9.73. The number of fused-ring (bicyclic) bond motifs is 1. The van der Waals surface area contributed by atoms with E-state index in [1.54, 1.807) is 13.8 Å². The average molecular weight is 376 g/mol. The normalized spacial score (nSPS) is 21.9. The molecule has 3 nitrogen and oxygen atoms in total. The Balaban J connectivity index is 2.19. The Morgan fingerprint density at radius 3 is 2.46 bits per heavy atom. The summed E-state index contributed by atoms with van der Waals surface area (Å²) in [6.07, 6.45) is 4.89. The zero-order valence-corrected chi connectivity index (χ0v) is 18.8. The molecule has 0 saturated heterocycles. The molecule has 146 valence electrons. The number of rotatable bonds is 5. The van der Waals surface area contributed by atoms with Gasteiger partial charge in [0.1, 0.15) is 0 Å².